The van der Waals surface area contributed by atoms with Crippen LogP contribution >= 0.6 is 0 Å². The number of aliphatic hydroxyl groups is 1. The van der Waals surface area contributed by atoms with Crippen LogP contribution in [0.25, 0.3) is 0 Å². The fraction of sp³-hybridized carbons (Fsp3) is 0.364. The highest BCUT2D eigenvalue weighted by molar-refractivity contribution is 5.94. The number of aliphatic hydroxyl groups excluding tert-OH is 1. The number of rotatable bonds is 4. The first kappa shape index (κ1) is 13.5. The minimum absolute atomic E-state index is 0.119. The van der Waals surface area contributed by atoms with E-state index >= 15 is 0 Å². The minimum atomic E-state index is -1.34. The third-order valence-corrected chi connectivity index (χ3v) is 2.18. The van der Waals surface area contributed by atoms with Crippen LogP contribution in [0.3, 0.4) is 0 Å². The van der Waals surface area contributed by atoms with Crippen LogP contribution in [0.5, 0.6) is 0 Å². The van der Waals surface area contributed by atoms with Crippen molar-refractivity contribution in [3.05, 3.63) is 35.1 Å². The summed E-state index contributed by atoms with van der Waals surface area (Å²) in [5.74, 6) is -4.80. The standard InChI is InChI=1S/C11H12F3NO2/c1-6(5-16)4-15-11(17)7-2-9(13)10(14)3-8(7)12/h2-3,6,16H,4-5H2,1H3,(H,15,17). The second-order valence-electron chi connectivity index (χ2n) is 3.74. The second-order valence-corrected chi connectivity index (χ2v) is 3.74. The lowest BCUT2D eigenvalue weighted by atomic mass is 10.1. The quantitative estimate of drug-likeness (QED) is 0.791. The number of amides is 1. The zero-order valence-corrected chi connectivity index (χ0v) is 9.14. The molecule has 1 aromatic rings. The van der Waals surface area contributed by atoms with Crippen molar-refractivity contribution in [2.75, 3.05) is 13.2 Å². The number of hydrogen-bond acceptors (Lipinski definition) is 2. The lowest BCUT2D eigenvalue weighted by Gasteiger charge is -2.10. The highest BCUT2D eigenvalue weighted by Crippen LogP contribution is 2.13. The predicted octanol–water partition coefficient (Wildman–Crippen LogP) is 1.46. The van der Waals surface area contributed by atoms with Gasteiger partial charge in [-0.1, -0.05) is 6.92 Å². The van der Waals surface area contributed by atoms with Crippen LogP contribution in [0.2, 0.25) is 0 Å². The predicted molar refractivity (Wildman–Crippen MR) is 54.9 cm³/mol. The summed E-state index contributed by atoms with van der Waals surface area (Å²) in [5.41, 5.74) is -0.561. The maximum Gasteiger partial charge on any atom is 0.254 e. The van der Waals surface area contributed by atoms with E-state index in [-0.39, 0.29) is 19.1 Å². The number of carbonyl (C=O) groups excluding carboxylic acids is 1. The highest BCUT2D eigenvalue weighted by Gasteiger charge is 2.16. The molecule has 0 aliphatic carbocycles. The highest BCUT2D eigenvalue weighted by atomic mass is 19.2. The van der Waals surface area contributed by atoms with Gasteiger partial charge in [-0.05, 0) is 12.0 Å². The van der Waals surface area contributed by atoms with Crippen LogP contribution in [0.1, 0.15) is 17.3 Å². The molecular formula is C11H12F3NO2. The fourth-order valence-corrected chi connectivity index (χ4v) is 1.12. The number of halogens is 3. The van der Waals surface area contributed by atoms with E-state index in [1.807, 2.05) is 0 Å². The van der Waals surface area contributed by atoms with Crippen LogP contribution in [-0.2, 0) is 0 Å². The van der Waals surface area contributed by atoms with Crippen LogP contribution < -0.4 is 5.32 Å². The van der Waals surface area contributed by atoms with Gasteiger partial charge < -0.3 is 10.4 Å². The lowest BCUT2D eigenvalue weighted by Crippen LogP contribution is -2.30. The van der Waals surface area contributed by atoms with Crippen LogP contribution in [0, 0.1) is 23.4 Å². The molecule has 6 heteroatoms. The van der Waals surface area contributed by atoms with Gasteiger partial charge >= 0.3 is 0 Å². The average Bonchev–Trinajstić information content (AvgIpc) is 2.30. The molecule has 0 bridgehead atoms. The van der Waals surface area contributed by atoms with E-state index < -0.39 is 28.9 Å². The molecule has 0 saturated carbocycles. The first-order valence-electron chi connectivity index (χ1n) is 4.99. The molecule has 0 radical (unpaired) electrons. The zero-order valence-electron chi connectivity index (χ0n) is 9.14. The Morgan fingerprint density at radius 1 is 1.29 bits per heavy atom. The van der Waals surface area contributed by atoms with Gasteiger partial charge in [0.2, 0.25) is 0 Å². The van der Waals surface area contributed by atoms with Gasteiger partial charge in [-0.3, -0.25) is 4.79 Å². The normalized spacial score (nSPS) is 12.3. The largest absolute Gasteiger partial charge is 0.396 e. The molecule has 0 spiro atoms. The summed E-state index contributed by atoms with van der Waals surface area (Å²) in [4.78, 5) is 11.4. The van der Waals surface area contributed by atoms with Crippen LogP contribution in [0.15, 0.2) is 12.1 Å². The molecule has 1 unspecified atom stereocenters. The molecule has 17 heavy (non-hydrogen) atoms. The van der Waals surface area contributed by atoms with Crippen molar-refractivity contribution in [3.63, 3.8) is 0 Å². The van der Waals surface area contributed by atoms with Crippen molar-refractivity contribution < 1.29 is 23.1 Å². The van der Waals surface area contributed by atoms with Gasteiger partial charge in [0.25, 0.3) is 5.91 Å². The van der Waals surface area contributed by atoms with Crippen LogP contribution in [-0.4, -0.2) is 24.2 Å². The van der Waals surface area contributed by atoms with Gasteiger partial charge in [0, 0.05) is 19.2 Å². The minimum Gasteiger partial charge on any atom is -0.396 e. The molecule has 0 aromatic heterocycles. The summed E-state index contributed by atoms with van der Waals surface area (Å²) >= 11 is 0. The van der Waals surface area contributed by atoms with Gasteiger partial charge in [0.05, 0.1) is 5.56 Å². The molecule has 0 fully saturated rings. The van der Waals surface area contributed by atoms with E-state index in [0.29, 0.717) is 12.1 Å². The Hall–Kier alpha value is -1.56. The van der Waals surface area contributed by atoms with E-state index in [4.69, 9.17) is 5.11 Å². The molecule has 0 saturated heterocycles. The van der Waals surface area contributed by atoms with E-state index in [0.717, 1.165) is 0 Å². The molecule has 1 atom stereocenters. The summed E-state index contributed by atoms with van der Waals surface area (Å²) in [6.07, 6.45) is 0. The molecule has 0 aliphatic rings. The van der Waals surface area contributed by atoms with Gasteiger partial charge in [0.1, 0.15) is 5.82 Å². The molecule has 2 N–H and O–H groups in total. The number of nitrogens with one attached hydrogen (secondary N) is 1. The maximum atomic E-state index is 13.2. The van der Waals surface area contributed by atoms with Crippen molar-refractivity contribution in [3.8, 4) is 0 Å². The molecule has 1 rings (SSSR count). The molecule has 0 heterocycles. The van der Waals surface area contributed by atoms with Gasteiger partial charge in [-0.15, -0.1) is 0 Å². The summed E-state index contributed by atoms with van der Waals surface area (Å²) in [6.45, 7) is 1.65. The first-order valence-corrected chi connectivity index (χ1v) is 4.99. The molecule has 3 nitrogen and oxygen atoms in total. The molecule has 1 aromatic carbocycles. The van der Waals surface area contributed by atoms with Crippen molar-refractivity contribution in [1.29, 1.82) is 0 Å². The summed E-state index contributed by atoms with van der Waals surface area (Å²) in [7, 11) is 0. The monoisotopic (exact) mass is 247 g/mol. The fourth-order valence-electron chi connectivity index (χ4n) is 1.12. The number of benzene rings is 1. The Bertz CT molecular complexity index is 423. The molecular weight excluding hydrogens is 235 g/mol. The average molecular weight is 247 g/mol. The first-order chi connectivity index (χ1) is 7.95. The SMILES string of the molecule is CC(CO)CNC(=O)c1cc(F)c(F)cc1F. The van der Waals surface area contributed by atoms with Crippen molar-refractivity contribution in [2.45, 2.75) is 6.92 Å². The Morgan fingerprint density at radius 2 is 1.88 bits per heavy atom. The van der Waals surface area contributed by atoms with Crippen molar-refractivity contribution in [2.24, 2.45) is 5.92 Å². The van der Waals surface area contributed by atoms with Crippen molar-refractivity contribution in [1.82, 2.24) is 5.32 Å². The zero-order chi connectivity index (χ0) is 13.0. The number of carbonyl (C=O) groups is 1. The van der Waals surface area contributed by atoms with E-state index in [2.05, 4.69) is 5.32 Å². The molecule has 94 valence electrons. The molecule has 0 aliphatic heterocycles. The van der Waals surface area contributed by atoms with E-state index in [1.165, 1.54) is 0 Å². The third kappa shape index (κ3) is 3.45. The Balaban J connectivity index is 2.79. The van der Waals surface area contributed by atoms with Gasteiger partial charge in [-0.25, -0.2) is 13.2 Å². The Kier molecular flexibility index (Phi) is 4.51. The third-order valence-electron chi connectivity index (χ3n) is 2.18. The smallest absolute Gasteiger partial charge is 0.254 e. The molecule has 1 amide bonds. The van der Waals surface area contributed by atoms with E-state index in [9.17, 15) is 18.0 Å². The Morgan fingerprint density at radius 3 is 2.47 bits per heavy atom. The topological polar surface area (TPSA) is 49.3 Å². The Labute approximate surface area is 96.3 Å². The number of hydrogen-bond donors (Lipinski definition) is 2. The summed E-state index contributed by atoms with van der Waals surface area (Å²) < 4.78 is 38.6. The van der Waals surface area contributed by atoms with Gasteiger partial charge in [0.15, 0.2) is 11.6 Å². The van der Waals surface area contributed by atoms with Gasteiger partial charge in [-0.2, -0.15) is 0 Å². The maximum absolute atomic E-state index is 13.2. The summed E-state index contributed by atoms with van der Waals surface area (Å²) in [6, 6.07) is 0.823. The lowest BCUT2D eigenvalue weighted by molar-refractivity contribution is 0.0937. The second kappa shape index (κ2) is 5.67. The van der Waals surface area contributed by atoms with Crippen molar-refractivity contribution >= 4 is 5.91 Å². The van der Waals surface area contributed by atoms with E-state index in [1.54, 1.807) is 6.92 Å². The summed E-state index contributed by atoms with van der Waals surface area (Å²) in [5, 5.41) is 11.0. The van der Waals surface area contributed by atoms with Crippen LogP contribution in [0.4, 0.5) is 13.2 Å².